The van der Waals surface area contributed by atoms with Crippen molar-refractivity contribution in [1.29, 1.82) is 0 Å². The largest absolute Gasteiger partial charge is 0.365 e. The molecule has 1 aromatic heterocycles. The number of H-pyrrole nitrogens is 2. The number of fused-ring (bicyclic) bond motifs is 1. The second kappa shape index (κ2) is 3.69. The zero-order valence-corrected chi connectivity index (χ0v) is 9.28. The number of hydrogen-bond donors (Lipinski definition) is 3. The molecule has 3 heterocycles. The standard InChI is InChI=1S/C10H14N4O3/c15-8(10-3-6(4-10)5-17-10)11-2-1-7-12-9(16)14-13-7/h6H,1-5H2,(H,11,15)(H2,12,13,14,16). The Hall–Kier alpha value is -1.63. The van der Waals surface area contributed by atoms with Crippen molar-refractivity contribution in [2.24, 2.45) is 5.92 Å². The molecule has 2 aliphatic heterocycles. The van der Waals surface area contributed by atoms with Crippen LogP contribution in [0.2, 0.25) is 0 Å². The van der Waals surface area contributed by atoms with Crippen LogP contribution in [-0.2, 0) is 16.0 Å². The summed E-state index contributed by atoms with van der Waals surface area (Å²) >= 11 is 0. The molecule has 2 bridgehead atoms. The van der Waals surface area contributed by atoms with Crippen molar-refractivity contribution in [2.75, 3.05) is 13.2 Å². The second-order valence-corrected chi connectivity index (χ2v) is 4.71. The van der Waals surface area contributed by atoms with Gasteiger partial charge in [0.05, 0.1) is 6.61 Å². The fourth-order valence-electron chi connectivity index (χ4n) is 2.52. The average Bonchev–Trinajstić information content (AvgIpc) is 2.91. The molecule has 17 heavy (non-hydrogen) atoms. The van der Waals surface area contributed by atoms with E-state index in [-0.39, 0.29) is 11.6 Å². The second-order valence-electron chi connectivity index (χ2n) is 4.71. The maximum atomic E-state index is 11.9. The molecule has 3 aliphatic rings. The first kappa shape index (κ1) is 10.5. The van der Waals surface area contributed by atoms with E-state index in [2.05, 4.69) is 20.5 Å². The van der Waals surface area contributed by atoms with Crippen molar-refractivity contribution in [2.45, 2.75) is 24.9 Å². The number of hydrogen-bond acceptors (Lipinski definition) is 4. The molecular formula is C10H14N4O3. The first-order valence-electron chi connectivity index (χ1n) is 5.74. The van der Waals surface area contributed by atoms with Gasteiger partial charge < -0.3 is 10.1 Å². The summed E-state index contributed by atoms with van der Waals surface area (Å²) in [6.07, 6.45) is 2.19. The van der Waals surface area contributed by atoms with Crippen LogP contribution in [0.1, 0.15) is 18.7 Å². The van der Waals surface area contributed by atoms with E-state index in [1.807, 2.05) is 0 Å². The van der Waals surface area contributed by atoms with Gasteiger partial charge in [-0.25, -0.2) is 9.89 Å². The molecule has 7 heteroatoms. The first-order chi connectivity index (χ1) is 8.18. The Balaban J connectivity index is 1.48. The van der Waals surface area contributed by atoms with Crippen molar-refractivity contribution in [3.63, 3.8) is 0 Å². The minimum Gasteiger partial charge on any atom is -0.365 e. The number of rotatable bonds is 4. The molecule has 0 spiro atoms. The Labute approximate surface area is 96.9 Å². The van der Waals surface area contributed by atoms with E-state index in [0.717, 1.165) is 12.8 Å². The fourth-order valence-corrected chi connectivity index (χ4v) is 2.52. The molecule has 1 amide bonds. The molecule has 1 saturated carbocycles. The third-order valence-electron chi connectivity index (χ3n) is 3.44. The van der Waals surface area contributed by atoms with Gasteiger partial charge in [-0.1, -0.05) is 0 Å². The lowest BCUT2D eigenvalue weighted by atomic mass is 9.74. The lowest BCUT2D eigenvalue weighted by molar-refractivity contribution is -0.143. The molecule has 2 saturated heterocycles. The quantitative estimate of drug-likeness (QED) is 0.622. The maximum absolute atomic E-state index is 11.9. The number of aromatic amines is 2. The van der Waals surface area contributed by atoms with Crippen molar-refractivity contribution in [1.82, 2.24) is 20.5 Å². The first-order valence-corrected chi connectivity index (χ1v) is 5.74. The Morgan fingerprint density at radius 1 is 1.59 bits per heavy atom. The molecular weight excluding hydrogens is 224 g/mol. The minimum atomic E-state index is -0.552. The monoisotopic (exact) mass is 238 g/mol. The summed E-state index contributed by atoms with van der Waals surface area (Å²) in [6, 6.07) is 0. The predicted molar refractivity (Wildman–Crippen MR) is 57.3 cm³/mol. The third kappa shape index (κ3) is 1.76. The van der Waals surface area contributed by atoms with Gasteiger partial charge in [-0.3, -0.25) is 9.78 Å². The average molecular weight is 238 g/mol. The van der Waals surface area contributed by atoms with E-state index in [1.165, 1.54) is 0 Å². The van der Waals surface area contributed by atoms with E-state index in [0.29, 0.717) is 31.3 Å². The normalized spacial score (nSPS) is 30.0. The van der Waals surface area contributed by atoms with Gasteiger partial charge in [0.25, 0.3) is 5.91 Å². The fraction of sp³-hybridized carbons (Fsp3) is 0.700. The lowest BCUT2D eigenvalue weighted by Crippen LogP contribution is -2.51. The van der Waals surface area contributed by atoms with E-state index in [9.17, 15) is 9.59 Å². The van der Waals surface area contributed by atoms with Gasteiger partial charge in [0.2, 0.25) is 0 Å². The van der Waals surface area contributed by atoms with Gasteiger partial charge in [-0.2, -0.15) is 5.10 Å². The third-order valence-corrected chi connectivity index (χ3v) is 3.44. The highest BCUT2D eigenvalue weighted by Crippen LogP contribution is 2.48. The molecule has 3 fully saturated rings. The molecule has 4 rings (SSSR count). The Morgan fingerprint density at radius 2 is 2.41 bits per heavy atom. The number of aromatic nitrogens is 3. The highest BCUT2D eigenvalue weighted by Gasteiger charge is 2.57. The van der Waals surface area contributed by atoms with Crippen LogP contribution in [0.15, 0.2) is 4.79 Å². The van der Waals surface area contributed by atoms with Gasteiger partial charge in [0.15, 0.2) is 0 Å². The van der Waals surface area contributed by atoms with Crippen molar-refractivity contribution >= 4 is 5.91 Å². The van der Waals surface area contributed by atoms with Crippen LogP contribution in [0.25, 0.3) is 0 Å². The van der Waals surface area contributed by atoms with Crippen LogP contribution < -0.4 is 11.0 Å². The number of nitrogens with one attached hydrogen (secondary N) is 3. The Kier molecular flexibility index (Phi) is 2.29. The van der Waals surface area contributed by atoms with Gasteiger partial charge >= 0.3 is 5.69 Å². The predicted octanol–water partition coefficient (Wildman–Crippen LogP) is -1.06. The Morgan fingerprint density at radius 3 is 3.00 bits per heavy atom. The van der Waals surface area contributed by atoms with Gasteiger partial charge in [0.1, 0.15) is 11.4 Å². The van der Waals surface area contributed by atoms with Gasteiger partial charge in [-0.15, -0.1) is 0 Å². The van der Waals surface area contributed by atoms with E-state index < -0.39 is 5.60 Å². The van der Waals surface area contributed by atoms with Crippen molar-refractivity contribution in [3.05, 3.63) is 16.3 Å². The van der Waals surface area contributed by atoms with E-state index in [4.69, 9.17) is 4.74 Å². The minimum absolute atomic E-state index is 0.0378. The van der Waals surface area contributed by atoms with Gasteiger partial charge in [-0.05, 0) is 18.8 Å². The lowest BCUT2D eigenvalue weighted by Gasteiger charge is -2.34. The Bertz CT molecular complexity index is 480. The van der Waals surface area contributed by atoms with Crippen molar-refractivity contribution in [3.8, 4) is 0 Å². The number of carbonyl (C=O) groups excluding carboxylic acids is 1. The van der Waals surface area contributed by atoms with Gasteiger partial charge in [0, 0.05) is 13.0 Å². The molecule has 0 aromatic carbocycles. The zero-order chi connectivity index (χ0) is 11.9. The highest BCUT2D eigenvalue weighted by atomic mass is 16.5. The van der Waals surface area contributed by atoms with Crippen LogP contribution in [0.3, 0.4) is 0 Å². The highest BCUT2D eigenvalue weighted by molar-refractivity contribution is 5.86. The van der Waals surface area contributed by atoms with Crippen LogP contribution in [0.4, 0.5) is 0 Å². The number of carbonyl (C=O) groups is 1. The van der Waals surface area contributed by atoms with Crippen LogP contribution in [0, 0.1) is 5.92 Å². The number of amides is 1. The summed E-state index contributed by atoms with van der Waals surface area (Å²) in [6.45, 7) is 1.16. The molecule has 0 unspecified atom stereocenters. The summed E-state index contributed by atoms with van der Waals surface area (Å²) in [5, 5.41) is 8.86. The van der Waals surface area contributed by atoms with Crippen LogP contribution in [0.5, 0.6) is 0 Å². The molecule has 3 N–H and O–H groups in total. The summed E-state index contributed by atoms with van der Waals surface area (Å²) in [5.41, 5.74) is -0.880. The molecule has 1 aromatic rings. The molecule has 0 atom stereocenters. The van der Waals surface area contributed by atoms with E-state index >= 15 is 0 Å². The summed E-state index contributed by atoms with van der Waals surface area (Å²) in [5.74, 6) is 1.08. The number of ether oxygens (including phenoxy) is 1. The maximum Gasteiger partial charge on any atom is 0.340 e. The topological polar surface area (TPSA) is 99.9 Å². The van der Waals surface area contributed by atoms with Crippen LogP contribution in [-0.4, -0.2) is 39.8 Å². The molecule has 92 valence electrons. The van der Waals surface area contributed by atoms with Crippen molar-refractivity contribution < 1.29 is 9.53 Å². The SMILES string of the molecule is O=C(NCCc1n[nH]c(=O)[nH]1)C12CC(CO1)C2. The summed E-state index contributed by atoms with van der Waals surface area (Å²) in [4.78, 5) is 25.2. The molecule has 1 aliphatic carbocycles. The molecule has 0 radical (unpaired) electrons. The smallest absolute Gasteiger partial charge is 0.340 e. The summed E-state index contributed by atoms with van der Waals surface area (Å²) in [7, 11) is 0. The van der Waals surface area contributed by atoms with E-state index in [1.54, 1.807) is 0 Å². The number of nitrogens with zero attached hydrogens (tertiary/aromatic N) is 1. The molecule has 7 nitrogen and oxygen atoms in total. The summed E-state index contributed by atoms with van der Waals surface area (Å²) < 4.78 is 5.49. The van der Waals surface area contributed by atoms with Crippen LogP contribution >= 0.6 is 0 Å². The zero-order valence-electron chi connectivity index (χ0n) is 9.28.